The van der Waals surface area contributed by atoms with Crippen LogP contribution in [0.4, 0.5) is 0 Å². The highest BCUT2D eigenvalue weighted by atomic mass is 16.1. The lowest BCUT2D eigenvalue weighted by Crippen LogP contribution is -2.22. The third kappa shape index (κ3) is 27.2. The molecule has 3 aromatic carbocycles. The van der Waals surface area contributed by atoms with Gasteiger partial charge < -0.3 is 45.0 Å². The topological polar surface area (TPSA) is 239 Å². The molecule has 0 amide bonds. The average Bonchev–Trinajstić information content (AvgIpc) is 3.11. The molecule has 0 spiro atoms. The van der Waals surface area contributed by atoms with E-state index in [4.69, 9.17) is 34.4 Å². The highest BCUT2D eigenvalue weighted by Gasteiger charge is 1.95. The summed E-state index contributed by atoms with van der Waals surface area (Å²) in [6, 6.07) is 23.0. The zero-order valence-electron chi connectivity index (χ0n) is 26.9. The standard InChI is InChI=1S/C12H22N4.C12H18N4.C8H6O2.C2H8N2.2CH4/c2*13-5-7-15-9-11-1-2-12(4-3-11)10-16-8-6-14;9-5-7-1-2-8(6-10)4-3-7;3-1-2-4;;/h1-4,15-16H,5-10,13-14H2;1-4,9-10H,5-8,13-14H2;1-6H;1-4H2;2*1H4. The summed E-state index contributed by atoms with van der Waals surface area (Å²) in [6.07, 6.45) is 5.14. The Bertz CT molecular complexity index is 1090. The van der Waals surface area contributed by atoms with Crippen LogP contribution in [-0.4, -0.2) is 90.4 Å². The van der Waals surface area contributed by atoms with Crippen molar-refractivity contribution in [3.63, 3.8) is 0 Å². The summed E-state index contributed by atoms with van der Waals surface area (Å²) in [5, 5.41) is 6.53. The van der Waals surface area contributed by atoms with Crippen LogP contribution in [0.15, 0.2) is 82.8 Å². The van der Waals surface area contributed by atoms with E-state index in [1.54, 1.807) is 24.3 Å². The zero-order valence-corrected chi connectivity index (χ0v) is 26.9. The van der Waals surface area contributed by atoms with Gasteiger partial charge in [0.1, 0.15) is 12.6 Å². The zero-order chi connectivity index (χ0) is 34.1. The molecule has 0 aliphatic heterocycles. The molecule has 0 aromatic heterocycles. The van der Waals surface area contributed by atoms with Crippen LogP contribution in [0, 0.1) is 0 Å². The molecular weight excluding hydrogens is 604 g/mol. The Morgan fingerprint density at radius 1 is 0.458 bits per heavy atom. The minimum atomic E-state index is 0. The minimum absolute atomic E-state index is 0. The van der Waals surface area contributed by atoms with E-state index in [0.29, 0.717) is 63.5 Å². The fourth-order valence-electron chi connectivity index (χ4n) is 3.25. The molecule has 3 rings (SSSR count). The summed E-state index contributed by atoms with van der Waals surface area (Å²) in [5.41, 5.74) is 37.2. The highest BCUT2D eigenvalue weighted by molar-refractivity contribution is 5.84. The second-order valence-corrected chi connectivity index (χ2v) is 9.54. The largest absolute Gasteiger partial charge is 0.329 e. The van der Waals surface area contributed by atoms with Gasteiger partial charge in [-0.25, -0.2) is 0 Å². The lowest BCUT2D eigenvalue weighted by Gasteiger charge is -2.06. The van der Waals surface area contributed by atoms with E-state index < -0.39 is 0 Å². The molecular formula is C36H62N10O2. The second-order valence-electron chi connectivity index (χ2n) is 9.54. The Morgan fingerprint density at radius 3 is 1.02 bits per heavy atom. The summed E-state index contributed by atoms with van der Waals surface area (Å²) in [4.78, 5) is 28.6. The Morgan fingerprint density at radius 2 is 0.771 bits per heavy atom. The van der Waals surface area contributed by atoms with Gasteiger partial charge in [0.25, 0.3) is 0 Å². The molecule has 268 valence electrons. The third-order valence-corrected chi connectivity index (χ3v) is 5.63. The summed E-state index contributed by atoms with van der Waals surface area (Å²) in [6.45, 7) is 8.54. The molecule has 0 aliphatic carbocycles. The second kappa shape index (κ2) is 35.9. The van der Waals surface area contributed by atoms with E-state index >= 15 is 0 Å². The number of hydrogen-bond acceptors (Lipinski definition) is 12. The average molecular weight is 667 g/mol. The molecule has 0 saturated carbocycles. The summed E-state index contributed by atoms with van der Waals surface area (Å²) in [7, 11) is 0. The molecule has 12 heteroatoms. The first kappa shape index (κ1) is 48.4. The number of aldehydes is 2. The molecule has 0 unspecified atom stereocenters. The van der Waals surface area contributed by atoms with Gasteiger partial charge in [-0.15, -0.1) is 0 Å². The van der Waals surface area contributed by atoms with Crippen molar-refractivity contribution in [2.75, 3.05) is 65.4 Å². The third-order valence-electron chi connectivity index (χ3n) is 5.63. The van der Waals surface area contributed by atoms with Gasteiger partial charge in [0.15, 0.2) is 0 Å². The maximum absolute atomic E-state index is 10.1. The molecule has 0 aliphatic rings. The quantitative estimate of drug-likeness (QED) is 0.0589. The van der Waals surface area contributed by atoms with Gasteiger partial charge in [0.2, 0.25) is 0 Å². The van der Waals surface area contributed by atoms with Gasteiger partial charge in [-0.05, 0) is 22.3 Å². The molecule has 0 atom stereocenters. The molecule has 3 aromatic rings. The van der Waals surface area contributed by atoms with Crippen molar-refractivity contribution in [1.82, 2.24) is 10.6 Å². The van der Waals surface area contributed by atoms with Crippen molar-refractivity contribution in [1.29, 1.82) is 0 Å². The van der Waals surface area contributed by atoms with Gasteiger partial charge in [-0.1, -0.05) is 87.6 Å². The Hall–Kier alpha value is -3.98. The maximum Gasteiger partial charge on any atom is 0.150 e. The van der Waals surface area contributed by atoms with E-state index in [9.17, 15) is 9.59 Å². The number of carbonyl (C=O) groups excluding carboxylic acids is 2. The molecule has 14 N–H and O–H groups in total. The van der Waals surface area contributed by atoms with Crippen LogP contribution in [0.5, 0.6) is 0 Å². The number of rotatable bonds is 17. The van der Waals surface area contributed by atoms with Crippen LogP contribution < -0.4 is 45.0 Å². The van der Waals surface area contributed by atoms with Gasteiger partial charge in [-0.2, -0.15) is 0 Å². The van der Waals surface area contributed by atoms with Crippen LogP contribution in [-0.2, 0) is 13.1 Å². The van der Waals surface area contributed by atoms with E-state index in [1.165, 1.54) is 11.1 Å². The Labute approximate surface area is 288 Å². The first-order chi connectivity index (χ1) is 22.5. The highest BCUT2D eigenvalue weighted by Crippen LogP contribution is 2.04. The molecule has 0 fully saturated rings. The van der Waals surface area contributed by atoms with E-state index in [1.807, 2.05) is 36.7 Å². The van der Waals surface area contributed by atoms with E-state index in [-0.39, 0.29) is 14.9 Å². The lowest BCUT2D eigenvalue weighted by molar-refractivity contribution is 0.111. The number of benzene rings is 3. The number of aliphatic imine (C=N–C) groups is 2. The fraction of sp³-hybridized carbons (Fsp3) is 0.389. The predicted molar refractivity (Wildman–Crippen MR) is 206 cm³/mol. The predicted octanol–water partition coefficient (Wildman–Crippen LogP) is 1.71. The van der Waals surface area contributed by atoms with Gasteiger partial charge in [0, 0.05) is 89.0 Å². The molecule has 0 heterocycles. The van der Waals surface area contributed by atoms with Gasteiger partial charge in [0.05, 0.1) is 13.1 Å². The van der Waals surface area contributed by atoms with Crippen LogP contribution in [0.25, 0.3) is 0 Å². The van der Waals surface area contributed by atoms with Crippen molar-refractivity contribution in [3.05, 3.63) is 106 Å². The molecule has 0 bridgehead atoms. The van der Waals surface area contributed by atoms with Crippen LogP contribution in [0.3, 0.4) is 0 Å². The Balaban J connectivity index is -0.000000599. The monoisotopic (exact) mass is 667 g/mol. The molecule has 0 radical (unpaired) electrons. The molecule has 48 heavy (non-hydrogen) atoms. The molecule has 12 nitrogen and oxygen atoms in total. The maximum atomic E-state index is 10.1. The van der Waals surface area contributed by atoms with Crippen molar-refractivity contribution >= 4 is 25.0 Å². The summed E-state index contributed by atoms with van der Waals surface area (Å²) >= 11 is 0. The normalized spacial score (nSPS) is 9.88. The summed E-state index contributed by atoms with van der Waals surface area (Å²) in [5.74, 6) is 0. The van der Waals surface area contributed by atoms with Crippen LogP contribution in [0.2, 0.25) is 0 Å². The van der Waals surface area contributed by atoms with Crippen molar-refractivity contribution in [2.45, 2.75) is 27.9 Å². The van der Waals surface area contributed by atoms with E-state index in [2.05, 4.69) is 44.9 Å². The fourth-order valence-corrected chi connectivity index (χ4v) is 3.25. The molecule has 0 saturated heterocycles. The van der Waals surface area contributed by atoms with Gasteiger partial charge in [-0.3, -0.25) is 19.6 Å². The Kier molecular flexibility index (Phi) is 36.2. The van der Waals surface area contributed by atoms with Crippen molar-refractivity contribution in [3.8, 4) is 0 Å². The van der Waals surface area contributed by atoms with Crippen molar-refractivity contribution in [2.24, 2.45) is 44.4 Å². The number of nitrogens with zero attached hydrogens (tertiary/aromatic N) is 2. The van der Waals surface area contributed by atoms with Crippen molar-refractivity contribution < 1.29 is 9.59 Å². The number of nitrogens with one attached hydrogen (secondary N) is 2. The van der Waals surface area contributed by atoms with Crippen LogP contribution in [0.1, 0.15) is 57.8 Å². The van der Waals surface area contributed by atoms with Crippen LogP contribution >= 0.6 is 0 Å². The minimum Gasteiger partial charge on any atom is -0.329 e. The SMILES string of the molecule is C.C.NCCN.NCCN=Cc1ccc(C=NCCN)cc1.NCCNCc1ccc(CNCCN)cc1.O=Cc1ccc(C=O)cc1. The number of nitrogens with two attached hydrogens (primary N) is 6. The smallest absolute Gasteiger partial charge is 0.150 e. The number of carbonyl (C=O) groups is 2. The summed E-state index contributed by atoms with van der Waals surface area (Å²) < 4.78 is 0. The number of hydrogen-bond donors (Lipinski definition) is 8. The van der Waals surface area contributed by atoms with Gasteiger partial charge >= 0.3 is 0 Å². The first-order valence-electron chi connectivity index (χ1n) is 15.3. The van der Waals surface area contributed by atoms with E-state index in [0.717, 1.165) is 49.9 Å². The lowest BCUT2D eigenvalue weighted by atomic mass is 10.1. The first-order valence-corrected chi connectivity index (χ1v) is 15.3.